The predicted octanol–water partition coefficient (Wildman–Crippen LogP) is 15.9. The molecule has 0 fully saturated rings. The maximum absolute atomic E-state index is 12.5. The lowest BCUT2D eigenvalue weighted by molar-refractivity contribution is -0.124. The largest absolute Gasteiger partial charge is 0.394 e. The molecule has 0 aliphatic carbocycles. The molecule has 0 aromatic carbocycles. The summed E-state index contributed by atoms with van der Waals surface area (Å²) in [6.45, 7) is 4.09. The van der Waals surface area contributed by atoms with Gasteiger partial charge >= 0.3 is 0 Å². The maximum Gasteiger partial charge on any atom is 0.220 e. The fourth-order valence-electron chi connectivity index (χ4n) is 8.20. The van der Waals surface area contributed by atoms with Crippen LogP contribution in [0.25, 0.3) is 0 Å². The summed E-state index contributed by atoms with van der Waals surface area (Å²) in [5, 5.41) is 33.7. The second-order valence-electron chi connectivity index (χ2n) is 18.0. The van der Waals surface area contributed by atoms with Crippen LogP contribution in [-0.2, 0) is 4.79 Å². The molecular formula is C54H103NO4. The summed E-state index contributed by atoms with van der Waals surface area (Å²) in [5.41, 5.74) is 0. The minimum atomic E-state index is -1.16. The Bertz CT molecular complexity index is 916. The Kier molecular flexibility index (Phi) is 48.0. The third kappa shape index (κ3) is 44.4. The number of hydrogen-bond donors (Lipinski definition) is 4. The Hall–Kier alpha value is -1.43. The van der Waals surface area contributed by atoms with Gasteiger partial charge in [-0.1, -0.05) is 243 Å². The minimum Gasteiger partial charge on any atom is -0.394 e. The number of nitrogens with one attached hydrogen (secondary N) is 1. The Morgan fingerprint density at radius 2 is 0.780 bits per heavy atom. The molecule has 1 amide bonds. The highest BCUT2D eigenvalue weighted by Gasteiger charge is 2.26. The Morgan fingerprint density at radius 1 is 0.441 bits per heavy atom. The molecule has 0 bridgehead atoms. The van der Waals surface area contributed by atoms with Gasteiger partial charge < -0.3 is 20.6 Å². The van der Waals surface area contributed by atoms with Crippen LogP contribution in [0.15, 0.2) is 36.5 Å². The highest BCUT2D eigenvalue weighted by atomic mass is 16.3. The smallest absolute Gasteiger partial charge is 0.220 e. The summed E-state index contributed by atoms with van der Waals surface area (Å²) in [7, 11) is 0. The normalized spacial score (nSPS) is 13.6. The number of allylic oxidation sites excluding steroid dienone is 6. The van der Waals surface area contributed by atoms with Gasteiger partial charge in [0.2, 0.25) is 5.91 Å². The van der Waals surface area contributed by atoms with Gasteiger partial charge in [-0.25, -0.2) is 0 Å². The van der Waals surface area contributed by atoms with E-state index in [2.05, 4.69) is 55.6 Å². The molecule has 5 nitrogen and oxygen atoms in total. The van der Waals surface area contributed by atoms with E-state index in [4.69, 9.17) is 0 Å². The number of amides is 1. The molecule has 5 heteroatoms. The molecular weight excluding hydrogens is 727 g/mol. The van der Waals surface area contributed by atoms with Gasteiger partial charge in [0.15, 0.2) is 0 Å². The van der Waals surface area contributed by atoms with Gasteiger partial charge in [-0.2, -0.15) is 0 Å². The zero-order valence-electron chi connectivity index (χ0n) is 39.6. The highest BCUT2D eigenvalue weighted by molar-refractivity contribution is 5.76. The quantitative estimate of drug-likeness (QED) is 0.0363. The molecule has 0 aliphatic rings. The van der Waals surface area contributed by atoms with Crippen molar-refractivity contribution in [2.75, 3.05) is 6.61 Å². The second-order valence-corrected chi connectivity index (χ2v) is 18.0. The summed E-state index contributed by atoms with van der Waals surface area (Å²) in [4.78, 5) is 12.5. The molecule has 3 atom stereocenters. The van der Waals surface area contributed by atoms with E-state index in [1.807, 2.05) is 0 Å². The van der Waals surface area contributed by atoms with E-state index in [-0.39, 0.29) is 12.5 Å². The van der Waals surface area contributed by atoms with Gasteiger partial charge in [0.25, 0.3) is 0 Å². The second kappa shape index (κ2) is 49.2. The van der Waals surface area contributed by atoms with Crippen LogP contribution in [0.5, 0.6) is 0 Å². The highest BCUT2D eigenvalue weighted by Crippen LogP contribution is 2.17. The topological polar surface area (TPSA) is 89.8 Å². The van der Waals surface area contributed by atoms with E-state index in [1.54, 1.807) is 0 Å². The fraction of sp³-hybridized carbons (Fsp3) is 0.870. The Labute approximate surface area is 368 Å². The monoisotopic (exact) mass is 830 g/mol. The molecule has 0 heterocycles. The van der Waals surface area contributed by atoms with Crippen molar-refractivity contribution in [2.24, 2.45) is 0 Å². The lowest BCUT2D eigenvalue weighted by atomic mass is 10.0. The van der Waals surface area contributed by atoms with Crippen molar-refractivity contribution in [2.45, 2.75) is 295 Å². The number of rotatable bonds is 48. The van der Waals surface area contributed by atoms with Crippen molar-refractivity contribution in [1.82, 2.24) is 5.32 Å². The van der Waals surface area contributed by atoms with E-state index < -0.39 is 18.2 Å². The van der Waals surface area contributed by atoms with Gasteiger partial charge in [-0.15, -0.1) is 0 Å². The Morgan fingerprint density at radius 3 is 1.17 bits per heavy atom. The lowest BCUT2D eigenvalue weighted by Crippen LogP contribution is -2.50. The Balaban J connectivity index is 3.58. The molecule has 0 aliphatic heterocycles. The first-order valence-corrected chi connectivity index (χ1v) is 26.3. The average molecular weight is 830 g/mol. The van der Waals surface area contributed by atoms with Crippen LogP contribution in [-0.4, -0.2) is 46.1 Å². The SMILES string of the molecule is CC/C=C\C/C=C\CCCCCCCCCCCCCCCCC(=O)NC(CO)C(O)C(O)CCC/C=C/CCCCCCCCCCCCCCCCCCCCC. The van der Waals surface area contributed by atoms with Crippen molar-refractivity contribution >= 4 is 5.91 Å². The van der Waals surface area contributed by atoms with Gasteiger partial charge in [0.05, 0.1) is 18.8 Å². The van der Waals surface area contributed by atoms with Crippen LogP contribution in [0.2, 0.25) is 0 Å². The van der Waals surface area contributed by atoms with Crippen molar-refractivity contribution < 1.29 is 20.1 Å². The van der Waals surface area contributed by atoms with Gasteiger partial charge in [-0.3, -0.25) is 4.79 Å². The summed E-state index contributed by atoms with van der Waals surface area (Å²) >= 11 is 0. The summed E-state index contributed by atoms with van der Waals surface area (Å²) < 4.78 is 0. The van der Waals surface area contributed by atoms with E-state index in [1.165, 1.54) is 199 Å². The zero-order chi connectivity index (χ0) is 43.0. The molecule has 3 unspecified atom stereocenters. The predicted molar refractivity (Wildman–Crippen MR) is 259 cm³/mol. The molecule has 348 valence electrons. The average Bonchev–Trinajstić information content (AvgIpc) is 3.24. The molecule has 59 heavy (non-hydrogen) atoms. The molecule has 0 saturated carbocycles. The maximum atomic E-state index is 12.5. The summed E-state index contributed by atoms with van der Waals surface area (Å²) in [6.07, 6.45) is 62.9. The zero-order valence-corrected chi connectivity index (χ0v) is 39.6. The molecule has 0 rings (SSSR count). The van der Waals surface area contributed by atoms with E-state index in [0.29, 0.717) is 12.8 Å². The molecule has 0 aromatic rings. The third-order valence-corrected chi connectivity index (χ3v) is 12.2. The number of unbranched alkanes of at least 4 members (excludes halogenated alkanes) is 34. The van der Waals surface area contributed by atoms with Crippen molar-refractivity contribution in [3.05, 3.63) is 36.5 Å². The first-order chi connectivity index (χ1) is 29.1. The van der Waals surface area contributed by atoms with Crippen molar-refractivity contribution in [3.8, 4) is 0 Å². The third-order valence-electron chi connectivity index (χ3n) is 12.2. The van der Waals surface area contributed by atoms with Crippen LogP contribution < -0.4 is 5.32 Å². The van der Waals surface area contributed by atoms with Gasteiger partial charge in [-0.05, 0) is 64.2 Å². The standard InChI is InChI=1S/C54H103NO4/c1-3-5-7-9-11-13-15-17-19-21-23-25-26-27-29-30-32-34-36-38-40-42-44-46-48-52(57)54(59)51(50-56)55-53(58)49-47-45-43-41-39-37-35-33-31-28-24-22-20-18-16-14-12-10-8-6-4-2/h6,8,12,14,40,42,51-52,54,56-57,59H,3-5,7,9-11,13,15-39,41,43-50H2,1-2H3,(H,55,58)/b8-6-,14-12-,42-40+. The minimum absolute atomic E-state index is 0.152. The summed E-state index contributed by atoms with van der Waals surface area (Å²) in [6, 6.07) is -0.826. The number of aliphatic hydroxyl groups excluding tert-OH is 3. The fourth-order valence-corrected chi connectivity index (χ4v) is 8.20. The van der Waals surface area contributed by atoms with Crippen LogP contribution in [0.4, 0.5) is 0 Å². The van der Waals surface area contributed by atoms with Crippen LogP contribution in [0, 0.1) is 0 Å². The lowest BCUT2D eigenvalue weighted by Gasteiger charge is -2.26. The number of aliphatic hydroxyl groups is 3. The van der Waals surface area contributed by atoms with Crippen LogP contribution in [0.3, 0.4) is 0 Å². The number of hydrogen-bond acceptors (Lipinski definition) is 4. The molecule has 0 spiro atoms. The van der Waals surface area contributed by atoms with E-state index >= 15 is 0 Å². The molecule has 4 N–H and O–H groups in total. The first kappa shape index (κ1) is 57.6. The number of carbonyl (C=O) groups excluding carboxylic acids is 1. The van der Waals surface area contributed by atoms with Crippen molar-refractivity contribution in [3.63, 3.8) is 0 Å². The van der Waals surface area contributed by atoms with Gasteiger partial charge in [0, 0.05) is 6.42 Å². The van der Waals surface area contributed by atoms with E-state index in [0.717, 1.165) is 51.4 Å². The van der Waals surface area contributed by atoms with E-state index in [9.17, 15) is 20.1 Å². The van der Waals surface area contributed by atoms with Gasteiger partial charge in [0.1, 0.15) is 6.10 Å². The molecule has 0 saturated heterocycles. The summed E-state index contributed by atoms with van der Waals surface area (Å²) in [5.74, 6) is -0.152. The number of carbonyl (C=O) groups is 1. The molecule has 0 radical (unpaired) electrons. The van der Waals surface area contributed by atoms with Crippen LogP contribution >= 0.6 is 0 Å². The van der Waals surface area contributed by atoms with Crippen molar-refractivity contribution in [1.29, 1.82) is 0 Å². The molecule has 0 aromatic heterocycles. The van der Waals surface area contributed by atoms with Crippen LogP contribution in [0.1, 0.15) is 277 Å². The first-order valence-electron chi connectivity index (χ1n) is 26.3.